The van der Waals surface area contributed by atoms with Crippen LogP contribution in [0.2, 0.25) is 0 Å². The molecule has 3 unspecified atom stereocenters. The third-order valence-corrected chi connectivity index (χ3v) is 2.65. The summed E-state index contributed by atoms with van der Waals surface area (Å²) in [7, 11) is 0. The Hall–Kier alpha value is -1.10. The van der Waals surface area contributed by atoms with Crippen LogP contribution in [0.15, 0.2) is 0 Å². The molecule has 0 aromatic carbocycles. The van der Waals surface area contributed by atoms with E-state index in [1.807, 2.05) is 0 Å². The first kappa shape index (κ1) is 15.9. The quantitative estimate of drug-likeness (QED) is 0.596. The Morgan fingerprint density at radius 1 is 1.35 bits per heavy atom. The van der Waals surface area contributed by atoms with Gasteiger partial charge in [-0.3, -0.25) is 9.59 Å². The van der Waals surface area contributed by atoms with Gasteiger partial charge in [-0.15, -0.1) is 0 Å². The largest absolute Gasteiger partial charge is 0.481 e. The standard InChI is InChI=1S/C12H24N2O3/c1-4-5-8(2)6-10(7-11(15)16)14-12(17)9(3)13/h8-10H,4-7,13H2,1-3H3,(H,14,17)(H,15,16). The number of hydrogen-bond acceptors (Lipinski definition) is 3. The summed E-state index contributed by atoms with van der Waals surface area (Å²) in [4.78, 5) is 22.2. The highest BCUT2D eigenvalue weighted by molar-refractivity contribution is 5.81. The van der Waals surface area contributed by atoms with Crippen molar-refractivity contribution in [1.29, 1.82) is 0 Å². The van der Waals surface area contributed by atoms with E-state index in [4.69, 9.17) is 10.8 Å². The lowest BCUT2D eigenvalue weighted by Gasteiger charge is -2.21. The molecule has 0 radical (unpaired) electrons. The molecule has 0 fully saturated rings. The highest BCUT2D eigenvalue weighted by Gasteiger charge is 2.19. The summed E-state index contributed by atoms with van der Waals surface area (Å²) in [6, 6.07) is -0.930. The van der Waals surface area contributed by atoms with E-state index < -0.39 is 12.0 Å². The van der Waals surface area contributed by atoms with Gasteiger partial charge in [0.1, 0.15) is 0 Å². The van der Waals surface area contributed by atoms with Crippen LogP contribution < -0.4 is 11.1 Å². The fourth-order valence-electron chi connectivity index (χ4n) is 1.83. The number of nitrogens with two attached hydrogens (primary N) is 1. The van der Waals surface area contributed by atoms with Gasteiger partial charge in [0.25, 0.3) is 0 Å². The van der Waals surface area contributed by atoms with Gasteiger partial charge < -0.3 is 16.2 Å². The summed E-state index contributed by atoms with van der Waals surface area (Å²) in [5.74, 6) is -0.790. The fourth-order valence-corrected chi connectivity index (χ4v) is 1.83. The van der Waals surface area contributed by atoms with Crippen molar-refractivity contribution in [2.24, 2.45) is 11.7 Å². The topological polar surface area (TPSA) is 92.4 Å². The molecule has 0 rings (SSSR count). The number of amides is 1. The van der Waals surface area contributed by atoms with Gasteiger partial charge in [-0.1, -0.05) is 26.7 Å². The molecule has 100 valence electrons. The van der Waals surface area contributed by atoms with E-state index in [2.05, 4.69) is 19.2 Å². The molecule has 0 aromatic heterocycles. The first-order valence-corrected chi connectivity index (χ1v) is 6.14. The Morgan fingerprint density at radius 3 is 2.35 bits per heavy atom. The Morgan fingerprint density at radius 2 is 1.94 bits per heavy atom. The van der Waals surface area contributed by atoms with Gasteiger partial charge in [0.05, 0.1) is 12.5 Å². The van der Waals surface area contributed by atoms with Crippen LogP contribution in [0.3, 0.4) is 0 Å². The fraction of sp³-hybridized carbons (Fsp3) is 0.833. The van der Waals surface area contributed by atoms with Gasteiger partial charge in [0.2, 0.25) is 5.91 Å². The lowest BCUT2D eigenvalue weighted by atomic mass is 9.95. The summed E-state index contributed by atoms with van der Waals surface area (Å²) in [5.41, 5.74) is 5.45. The first-order chi connectivity index (χ1) is 7.86. The predicted molar refractivity (Wildman–Crippen MR) is 66.5 cm³/mol. The minimum Gasteiger partial charge on any atom is -0.481 e. The van der Waals surface area contributed by atoms with E-state index in [9.17, 15) is 9.59 Å². The van der Waals surface area contributed by atoms with Crippen LogP contribution >= 0.6 is 0 Å². The minimum absolute atomic E-state index is 0.0491. The Balaban J connectivity index is 4.32. The van der Waals surface area contributed by atoms with E-state index in [0.29, 0.717) is 12.3 Å². The minimum atomic E-state index is -0.899. The summed E-state index contributed by atoms with van der Waals surface area (Å²) in [5, 5.41) is 11.5. The number of carbonyl (C=O) groups is 2. The molecule has 4 N–H and O–H groups in total. The van der Waals surface area contributed by atoms with Crippen LogP contribution in [0.1, 0.15) is 46.5 Å². The molecular formula is C12H24N2O3. The number of hydrogen-bond donors (Lipinski definition) is 3. The normalized spacial score (nSPS) is 16.0. The van der Waals surface area contributed by atoms with Gasteiger partial charge in [0.15, 0.2) is 0 Å². The van der Waals surface area contributed by atoms with Gasteiger partial charge >= 0.3 is 5.97 Å². The van der Waals surface area contributed by atoms with Crippen LogP contribution in [0, 0.1) is 5.92 Å². The molecule has 0 aliphatic carbocycles. The van der Waals surface area contributed by atoms with Crippen LogP contribution in [0.5, 0.6) is 0 Å². The summed E-state index contributed by atoms with van der Waals surface area (Å²) in [6.07, 6.45) is 2.72. The monoisotopic (exact) mass is 244 g/mol. The molecule has 0 bridgehead atoms. The van der Waals surface area contributed by atoms with E-state index >= 15 is 0 Å². The second-order valence-corrected chi connectivity index (χ2v) is 4.72. The van der Waals surface area contributed by atoms with Crippen molar-refractivity contribution in [3.63, 3.8) is 0 Å². The summed E-state index contributed by atoms with van der Waals surface area (Å²) < 4.78 is 0. The number of carbonyl (C=O) groups excluding carboxylic acids is 1. The second-order valence-electron chi connectivity index (χ2n) is 4.72. The van der Waals surface area contributed by atoms with Crippen molar-refractivity contribution in [1.82, 2.24) is 5.32 Å². The average Bonchev–Trinajstić information content (AvgIpc) is 2.16. The van der Waals surface area contributed by atoms with E-state index in [1.54, 1.807) is 6.92 Å². The maximum Gasteiger partial charge on any atom is 0.305 e. The van der Waals surface area contributed by atoms with Crippen molar-refractivity contribution in [2.45, 2.75) is 58.5 Å². The number of carboxylic acid groups (broad SMARTS) is 1. The number of carboxylic acids is 1. The van der Waals surface area contributed by atoms with E-state index in [0.717, 1.165) is 12.8 Å². The molecule has 5 nitrogen and oxygen atoms in total. The molecule has 0 aliphatic rings. The van der Waals surface area contributed by atoms with Gasteiger partial charge in [-0.05, 0) is 19.3 Å². The molecule has 5 heteroatoms. The molecular weight excluding hydrogens is 220 g/mol. The van der Waals surface area contributed by atoms with Gasteiger partial charge in [-0.2, -0.15) is 0 Å². The lowest BCUT2D eigenvalue weighted by molar-refractivity contribution is -0.137. The third-order valence-electron chi connectivity index (χ3n) is 2.65. The van der Waals surface area contributed by atoms with Crippen molar-refractivity contribution in [3.05, 3.63) is 0 Å². The lowest BCUT2D eigenvalue weighted by Crippen LogP contribution is -2.45. The zero-order valence-corrected chi connectivity index (χ0v) is 10.9. The van der Waals surface area contributed by atoms with Gasteiger partial charge in [-0.25, -0.2) is 0 Å². The summed E-state index contributed by atoms with van der Waals surface area (Å²) >= 11 is 0. The summed E-state index contributed by atoms with van der Waals surface area (Å²) in [6.45, 7) is 5.74. The smallest absolute Gasteiger partial charge is 0.305 e. The molecule has 0 aromatic rings. The Labute approximate surface area is 103 Å². The van der Waals surface area contributed by atoms with E-state index in [1.165, 1.54) is 0 Å². The maximum absolute atomic E-state index is 11.4. The Bertz CT molecular complexity index is 254. The van der Waals surface area contributed by atoms with Crippen LogP contribution in [0.25, 0.3) is 0 Å². The second kappa shape index (κ2) is 8.06. The van der Waals surface area contributed by atoms with E-state index in [-0.39, 0.29) is 18.4 Å². The highest BCUT2D eigenvalue weighted by atomic mass is 16.4. The molecule has 1 amide bonds. The SMILES string of the molecule is CCCC(C)CC(CC(=O)O)NC(=O)C(C)N. The molecule has 0 spiro atoms. The van der Waals surface area contributed by atoms with Crippen LogP contribution in [-0.2, 0) is 9.59 Å². The van der Waals surface area contributed by atoms with Crippen LogP contribution in [0.4, 0.5) is 0 Å². The number of rotatable bonds is 8. The predicted octanol–water partition coefficient (Wildman–Crippen LogP) is 1.12. The van der Waals surface area contributed by atoms with Crippen molar-refractivity contribution < 1.29 is 14.7 Å². The maximum atomic E-state index is 11.4. The number of nitrogens with one attached hydrogen (secondary N) is 1. The van der Waals surface area contributed by atoms with Crippen molar-refractivity contribution in [3.8, 4) is 0 Å². The molecule has 17 heavy (non-hydrogen) atoms. The molecule has 0 heterocycles. The zero-order chi connectivity index (χ0) is 13.4. The first-order valence-electron chi connectivity index (χ1n) is 6.14. The molecule has 0 saturated carbocycles. The molecule has 0 aliphatic heterocycles. The van der Waals surface area contributed by atoms with Crippen LogP contribution in [-0.4, -0.2) is 29.1 Å². The molecule has 3 atom stereocenters. The molecule has 0 saturated heterocycles. The van der Waals surface area contributed by atoms with Gasteiger partial charge in [0, 0.05) is 6.04 Å². The zero-order valence-electron chi connectivity index (χ0n) is 10.9. The van der Waals surface area contributed by atoms with Crippen molar-refractivity contribution in [2.75, 3.05) is 0 Å². The Kier molecular flexibility index (Phi) is 7.54. The average molecular weight is 244 g/mol. The van der Waals surface area contributed by atoms with Crippen molar-refractivity contribution >= 4 is 11.9 Å². The number of aliphatic carboxylic acids is 1. The third kappa shape index (κ3) is 7.74. The highest BCUT2D eigenvalue weighted by Crippen LogP contribution is 2.14.